The minimum atomic E-state index is -1.54. The normalized spacial score (nSPS) is 11.4. The van der Waals surface area contributed by atoms with Crippen molar-refractivity contribution in [3.8, 4) is 0 Å². The summed E-state index contributed by atoms with van der Waals surface area (Å²) in [5, 5.41) is 10.4. The monoisotopic (exact) mass is 216 g/mol. The Morgan fingerprint density at radius 3 is 1.50 bits per heavy atom. The third kappa shape index (κ3) is 1.84. The van der Waals surface area contributed by atoms with Crippen LogP contribution >= 0.6 is 0 Å². The maximum Gasteiger partial charge on any atom is 0.143 e. The molecule has 2 aromatic carbocycles. The number of benzene rings is 2. The van der Waals surface area contributed by atoms with Gasteiger partial charge in [0.15, 0.2) is 0 Å². The van der Waals surface area contributed by atoms with E-state index in [1.54, 1.807) is 48.5 Å². The molecule has 82 valence electrons. The van der Waals surface area contributed by atoms with Crippen LogP contribution in [0.2, 0.25) is 0 Å². The smallest absolute Gasteiger partial charge is 0.143 e. The highest BCUT2D eigenvalue weighted by Gasteiger charge is 2.31. The third-order valence-electron chi connectivity index (χ3n) is 2.70. The molecule has 1 N–H and O–H groups in total. The zero-order valence-electron chi connectivity index (χ0n) is 8.81. The molecule has 0 heterocycles. The molecule has 2 heteroatoms. The number of aliphatic hydroxyl groups is 1. The summed E-state index contributed by atoms with van der Waals surface area (Å²) < 4.78 is 13.2. The molecule has 0 spiro atoms. The van der Waals surface area contributed by atoms with Gasteiger partial charge in [0.25, 0.3) is 0 Å². The summed E-state index contributed by atoms with van der Waals surface area (Å²) in [6.45, 7) is -0.832. The third-order valence-corrected chi connectivity index (χ3v) is 2.70. The van der Waals surface area contributed by atoms with E-state index in [0.29, 0.717) is 11.1 Å². The van der Waals surface area contributed by atoms with Crippen LogP contribution in [0.5, 0.6) is 0 Å². The van der Waals surface area contributed by atoms with Crippen LogP contribution in [0, 0.1) is 0 Å². The predicted molar refractivity (Wildman–Crippen MR) is 61.9 cm³/mol. The van der Waals surface area contributed by atoms with Gasteiger partial charge in [0.05, 0.1) is 0 Å². The molecule has 0 aliphatic carbocycles. The van der Waals surface area contributed by atoms with Crippen LogP contribution in [0.15, 0.2) is 60.7 Å². The highest BCUT2D eigenvalue weighted by Crippen LogP contribution is 2.29. The van der Waals surface area contributed by atoms with Crippen LogP contribution in [0.25, 0.3) is 0 Å². The first kappa shape index (κ1) is 10.8. The van der Waals surface area contributed by atoms with Crippen molar-refractivity contribution in [1.29, 1.82) is 0 Å². The summed E-state index contributed by atoms with van der Waals surface area (Å²) in [7, 11) is 0. The highest BCUT2D eigenvalue weighted by molar-refractivity contribution is 5.35. The zero-order valence-corrected chi connectivity index (χ0v) is 8.81. The Bertz CT molecular complexity index is 399. The molecule has 0 amide bonds. The lowest BCUT2D eigenvalue weighted by Gasteiger charge is -2.25. The molecular formula is C14H13FO. The van der Waals surface area contributed by atoms with Gasteiger partial charge in [-0.25, -0.2) is 4.39 Å². The second-order valence-corrected chi connectivity index (χ2v) is 3.73. The fraction of sp³-hybridized carbons (Fsp3) is 0.143. The summed E-state index contributed by atoms with van der Waals surface area (Å²) in [6.07, 6.45) is 0. The van der Waals surface area contributed by atoms with Crippen molar-refractivity contribution in [3.05, 3.63) is 71.8 Å². The molecule has 0 aromatic heterocycles. The van der Waals surface area contributed by atoms with Crippen molar-refractivity contribution < 1.29 is 9.50 Å². The number of hydrogen-bond donors (Lipinski definition) is 1. The van der Waals surface area contributed by atoms with Gasteiger partial charge < -0.3 is 5.11 Å². The van der Waals surface area contributed by atoms with E-state index < -0.39 is 12.3 Å². The van der Waals surface area contributed by atoms with E-state index in [1.807, 2.05) is 12.1 Å². The molecule has 0 aliphatic heterocycles. The summed E-state index contributed by atoms with van der Waals surface area (Å²) >= 11 is 0. The van der Waals surface area contributed by atoms with Crippen molar-refractivity contribution in [2.45, 2.75) is 5.60 Å². The van der Waals surface area contributed by atoms with Crippen molar-refractivity contribution in [3.63, 3.8) is 0 Å². The molecule has 2 rings (SSSR count). The van der Waals surface area contributed by atoms with Crippen LogP contribution in [0.3, 0.4) is 0 Å². The topological polar surface area (TPSA) is 20.2 Å². The molecule has 0 radical (unpaired) electrons. The largest absolute Gasteiger partial charge is 0.378 e. The van der Waals surface area contributed by atoms with Crippen LogP contribution in [0.1, 0.15) is 11.1 Å². The quantitative estimate of drug-likeness (QED) is 0.836. The number of hydrogen-bond acceptors (Lipinski definition) is 1. The van der Waals surface area contributed by atoms with E-state index in [1.165, 1.54) is 0 Å². The van der Waals surface area contributed by atoms with E-state index in [4.69, 9.17) is 0 Å². The molecule has 0 saturated carbocycles. The molecule has 1 nitrogen and oxygen atoms in total. The lowest BCUT2D eigenvalue weighted by molar-refractivity contribution is 0.0518. The molecule has 0 aliphatic rings. The Morgan fingerprint density at radius 2 is 1.19 bits per heavy atom. The number of rotatable bonds is 3. The van der Waals surface area contributed by atoms with Crippen LogP contribution < -0.4 is 0 Å². The first-order valence-electron chi connectivity index (χ1n) is 5.17. The van der Waals surface area contributed by atoms with E-state index >= 15 is 0 Å². The first-order chi connectivity index (χ1) is 7.77. The molecule has 0 atom stereocenters. The Kier molecular flexibility index (Phi) is 3.02. The van der Waals surface area contributed by atoms with E-state index in [2.05, 4.69) is 0 Å². The maximum absolute atomic E-state index is 13.2. The van der Waals surface area contributed by atoms with Crippen molar-refractivity contribution in [2.75, 3.05) is 6.67 Å². The SMILES string of the molecule is OC(CF)(c1ccccc1)c1ccccc1. The summed E-state index contributed by atoms with van der Waals surface area (Å²) in [5.41, 5.74) is -0.393. The van der Waals surface area contributed by atoms with Gasteiger partial charge in [0, 0.05) is 0 Å². The maximum atomic E-state index is 13.2. The van der Waals surface area contributed by atoms with Gasteiger partial charge in [-0.3, -0.25) is 0 Å². The van der Waals surface area contributed by atoms with Crippen molar-refractivity contribution in [2.24, 2.45) is 0 Å². The Morgan fingerprint density at radius 1 is 0.812 bits per heavy atom. The van der Waals surface area contributed by atoms with Gasteiger partial charge in [0.2, 0.25) is 0 Å². The highest BCUT2D eigenvalue weighted by atomic mass is 19.1. The lowest BCUT2D eigenvalue weighted by atomic mass is 9.88. The fourth-order valence-corrected chi connectivity index (χ4v) is 1.75. The van der Waals surface area contributed by atoms with Gasteiger partial charge in [-0.15, -0.1) is 0 Å². The van der Waals surface area contributed by atoms with Gasteiger partial charge >= 0.3 is 0 Å². The summed E-state index contributed by atoms with van der Waals surface area (Å²) in [4.78, 5) is 0. The zero-order chi connectivity index (χ0) is 11.4. The molecule has 16 heavy (non-hydrogen) atoms. The first-order valence-corrected chi connectivity index (χ1v) is 5.17. The van der Waals surface area contributed by atoms with Crippen LogP contribution in [-0.4, -0.2) is 11.8 Å². The van der Waals surface area contributed by atoms with Gasteiger partial charge in [-0.05, 0) is 11.1 Å². The standard InChI is InChI=1S/C14H13FO/c15-11-14(16,12-7-3-1-4-8-12)13-9-5-2-6-10-13/h1-10,16H,11H2. The molecule has 0 saturated heterocycles. The van der Waals surface area contributed by atoms with E-state index in [9.17, 15) is 9.50 Å². The Hall–Kier alpha value is -1.67. The Balaban J connectivity index is 2.49. The second kappa shape index (κ2) is 4.45. The van der Waals surface area contributed by atoms with Gasteiger partial charge in [0.1, 0.15) is 12.3 Å². The molecular weight excluding hydrogens is 203 g/mol. The second-order valence-electron chi connectivity index (χ2n) is 3.73. The molecule has 0 fully saturated rings. The van der Waals surface area contributed by atoms with Crippen LogP contribution in [-0.2, 0) is 5.60 Å². The summed E-state index contributed by atoms with van der Waals surface area (Å²) in [6, 6.07) is 17.8. The minimum absolute atomic E-state index is 0.573. The molecule has 0 unspecified atom stereocenters. The summed E-state index contributed by atoms with van der Waals surface area (Å²) in [5.74, 6) is 0. The number of alkyl halides is 1. The van der Waals surface area contributed by atoms with Crippen LogP contribution in [0.4, 0.5) is 4.39 Å². The van der Waals surface area contributed by atoms with E-state index in [-0.39, 0.29) is 0 Å². The average Bonchev–Trinajstić information content (AvgIpc) is 2.40. The average molecular weight is 216 g/mol. The Labute approximate surface area is 94.2 Å². The van der Waals surface area contributed by atoms with Gasteiger partial charge in [-0.1, -0.05) is 60.7 Å². The number of halogens is 1. The lowest BCUT2D eigenvalue weighted by Crippen LogP contribution is -2.29. The minimum Gasteiger partial charge on any atom is -0.378 e. The van der Waals surface area contributed by atoms with Gasteiger partial charge in [-0.2, -0.15) is 0 Å². The molecule has 2 aromatic rings. The fourth-order valence-electron chi connectivity index (χ4n) is 1.75. The van der Waals surface area contributed by atoms with Crippen molar-refractivity contribution in [1.82, 2.24) is 0 Å². The van der Waals surface area contributed by atoms with Crippen molar-refractivity contribution >= 4 is 0 Å². The molecule has 0 bridgehead atoms. The van der Waals surface area contributed by atoms with E-state index in [0.717, 1.165) is 0 Å². The predicted octanol–water partition coefficient (Wildman–Crippen LogP) is 2.89.